The van der Waals surface area contributed by atoms with E-state index in [2.05, 4.69) is 26.4 Å². The molecule has 0 bridgehead atoms. The van der Waals surface area contributed by atoms with Crippen LogP contribution in [-0.2, 0) is 0 Å². The maximum atomic E-state index is 12.1. The Labute approximate surface area is 132 Å². The first-order valence-corrected chi connectivity index (χ1v) is 8.71. The van der Waals surface area contributed by atoms with Crippen molar-refractivity contribution in [2.24, 2.45) is 0 Å². The van der Waals surface area contributed by atoms with Crippen LogP contribution in [0.4, 0.5) is 10.9 Å². The topological polar surface area (TPSA) is 83.3 Å². The molecule has 1 aromatic rings. The smallest absolute Gasteiger partial charge is 0.265 e. The van der Waals surface area contributed by atoms with E-state index in [0.717, 1.165) is 37.1 Å². The molecule has 21 heavy (non-hydrogen) atoms. The van der Waals surface area contributed by atoms with Crippen molar-refractivity contribution in [3.05, 3.63) is 4.88 Å². The minimum atomic E-state index is -0.160. The number of terminal acetylenes is 1. The Morgan fingerprint density at radius 2 is 2.33 bits per heavy atom. The number of hydrogen-bond donors (Lipinski definition) is 3. The van der Waals surface area contributed by atoms with Crippen LogP contribution < -0.4 is 21.3 Å². The number of thiazole rings is 1. The third kappa shape index (κ3) is 4.52. The van der Waals surface area contributed by atoms with Gasteiger partial charge in [0.05, 0.1) is 5.75 Å². The molecular weight excluding hydrogens is 306 g/mol. The van der Waals surface area contributed by atoms with Crippen LogP contribution in [0.3, 0.4) is 0 Å². The zero-order chi connectivity index (χ0) is 15.1. The van der Waals surface area contributed by atoms with Crippen molar-refractivity contribution in [3.63, 3.8) is 0 Å². The van der Waals surface area contributed by atoms with E-state index in [4.69, 9.17) is 12.2 Å². The molecule has 1 aliphatic rings. The Morgan fingerprint density at radius 1 is 1.57 bits per heavy atom. The summed E-state index contributed by atoms with van der Waals surface area (Å²) in [5, 5.41) is 6.95. The number of amides is 1. The molecule has 1 saturated heterocycles. The molecule has 2 rings (SSSR count). The van der Waals surface area contributed by atoms with Crippen LogP contribution in [0, 0.1) is 12.3 Å². The summed E-state index contributed by atoms with van der Waals surface area (Å²) in [6.07, 6.45) is 5.16. The van der Waals surface area contributed by atoms with Gasteiger partial charge in [-0.15, -0.1) is 18.2 Å². The van der Waals surface area contributed by atoms with Gasteiger partial charge < -0.3 is 21.3 Å². The van der Waals surface area contributed by atoms with Crippen LogP contribution in [0.1, 0.15) is 9.67 Å². The minimum absolute atomic E-state index is 0.160. The maximum Gasteiger partial charge on any atom is 0.265 e. The summed E-state index contributed by atoms with van der Waals surface area (Å²) in [6, 6.07) is 0. The van der Waals surface area contributed by atoms with Gasteiger partial charge in [0.1, 0.15) is 10.7 Å². The fraction of sp³-hybridized carbons (Fsp3) is 0.538. The highest BCUT2D eigenvalue weighted by atomic mass is 32.2. The van der Waals surface area contributed by atoms with Crippen molar-refractivity contribution in [3.8, 4) is 12.3 Å². The molecule has 8 heteroatoms. The van der Waals surface area contributed by atoms with E-state index in [-0.39, 0.29) is 5.91 Å². The number of nitrogens with zero attached hydrogens (tertiary/aromatic N) is 2. The molecule has 1 aliphatic heterocycles. The first kappa shape index (κ1) is 15.9. The average molecular weight is 325 g/mol. The van der Waals surface area contributed by atoms with Crippen LogP contribution in [0.2, 0.25) is 0 Å². The summed E-state index contributed by atoms with van der Waals surface area (Å²) in [7, 11) is 0. The number of nitrogens with one attached hydrogen (secondary N) is 2. The molecular formula is C13H19N5OS2. The lowest BCUT2D eigenvalue weighted by molar-refractivity contribution is 0.0961. The van der Waals surface area contributed by atoms with Crippen LogP contribution in [0.5, 0.6) is 0 Å². The molecule has 2 heterocycles. The van der Waals surface area contributed by atoms with Crippen molar-refractivity contribution in [2.45, 2.75) is 0 Å². The van der Waals surface area contributed by atoms with E-state index in [1.165, 1.54) is 11.3 Å². The number of carbonyl (C=O) groups is 1. The summed E-state index contributed by atoms with van der Waals surface area (Å²) in [4.78, 5) is 19.0. The van der Waals surface area contributed by atoms with Crippen molar-refractivity contribution < 1.29 is 4.79 Å². The van der Waals surface area contributed by atoms with Gasteiger partial charge in [-0.1, -0.05) is 17.3 Å². The number of nitrogens with two attached hydrogens (primary N) is 1. The predicted octanol–water partition coefficient (Wildman–Crippen LogP) is 0.231. The summed E-state index contributed by atoms with van der Waals surface area (Å²) in [6.45, 7) is 4.19. The van der Waals surface area contributed by atoms with E-state index in [1.807, 2.05) is 0 Å². The quantitative estimate of drug-likeness (QED) is 0.513. The van der Waals surface area contributed by atoms with Crippen molar-refractivity contribution in [1.29, 1.82) is 0 Å². The molecule has 0 spiro atoms. The van der Waals surface area contributed by atoms with Crippen LogP contribution in [0.15, 0.2) is 0 Å². The second-order valence-electron chi connectivity index (χ2n) is 4.46. The summed E-state index contributed by atoms with van der Waals surface area (Å²) >= 11 is 2.97. The Kier molecular flexibility index (Phi) is 6.17. The van der Waals surface area contributed by atoms with Crippen molar-refractivity contribution in [2.75, 3.05) is 54.9 Å². The molecule has 0 unspecified atom stereocenters. The highest BCUT2D eigenvalue weighted by Gasteiger charge is 2.20. The van der Waals surface area contributed by atoms with E-state index in [1.54, 1.807) is 11.8 Å². The Balaban J connectivity index is 1.89. The molecule has 0 saturated carbocycles. The minimum Gasteiger partial charge on any atom is -0.382 e. The van der Waals surface area contributed by atoms with E-state index < -0.39 is 0 Å². The first-order chi connectivity index (χ1) is 10.2. The highest BCUT2D eigenvalue weighted by molar-refractivity contribution is 7.99. The standard InChI is InChI=1S/C13H19N5OS2/c1-2-8-20-9-5-16-12(19)10-11(14)17-13(21-10)18-6-3-15-4-7-18/h1,15H,3-9,14H2,(H,16,19). The zero-order valence-corrected chi connectivity index (χ0v) is 13.4. The lowest BCUT2D eigenvalue weighted by atomic mass is 10.4. The molecule has 1 aromatic heterocycles. The highest BCUT2D eigenvalue weighted by Crippen LogP contribution is 2.28. The van der Waals surface area contributed by atoms with Crippen molar-refractivity contribution in [1.82, 2.24) is 15.6 Å². The first-order valence-electron chi connectivity index (χ1n) is 6.73. The molecule has 6 nitrogen and oxygen atoms in total. The molecule has 0 aromatic carbocycles. The van der Waals surface area contributed by atoms with Gasteiger partial charge in [0.15, 0.2) is 5.13 Å². The fourth-order valence-corrected chi connectivity index (χ4v) is 3.38. The zero-order valence-electron chi connectivity index (χ0n) is 11.7. The lowest BCUT2D eigenvalue weighted by Crippen LogP contribution is -2.43. The normalized spacial score (nSPS) is 14.7. The van der Waals surface area contributed by atoms with Gasteiger partial charge in [-0.05, 0) is 0 Å². The monoisotopic (exact) mass is 325 g/mol. The number of nitrogen functional groups attached to an aromatic ring is 1. The molecule has 114 valence electrons. The van der Waals surface area contributed by atoms with Crippen LogP contribution >= 0.6 is 23.1 Å². The second kappa shape index (κ2) is 8.12. The number of rotatable bonds is 6. The molecule has 0 aliphatic carbocycles. The van der Waals surface area contributed by atoms with Gasteiger partial charge in [-0.2, -0.15) is 0 Å². The third-order valence-electron chi connectivity index (χ3n) is 2.95. The molecule has 0 atom stereocenters. The summed E-state index contributed by atoms with van der Waals surface area (Å²) in [5.74, 6) is 4.15. The van der Waals surface area contributed by atoms with Crippen LogP contribution in [-0.4, -0.2) is 55.1 Å². The lowest BCUT2D eigenvalue weighted by Gasteiger charge is -2.26. The number of thioether (sulfide) groups is 1. The van der Waals surface area contributed by atoms with Gasteiger partial charge in [0.25, 0.3) is 5.91 Å². The summed E-state index contributed by atoms with van der Waals surface area (Å²) in [5.41, 5.74) is 5.87. The van der Waals surface area contributed by atoms with E-state index in [9.17, 15) is 4.79 Å². The SMILES string of the molecule is C#CCSCCNC(=O)c1sc(N2CCNCC2)nc1N. The second-order valence-corrected chi connectivity index (χ2v) is 6.54. The molecule has 1 amide bonds. The van der Waals surface area contributed by atoms with Gasteiger partial charge >= 0.3 is 0 Å². The Morgan fingerprint density at radius 3 is 3.05 bits per heavy atom. The largest absolute Gasteiger partial charge is 0.382 e. The Hall–Kier alpha value is -1.43. The van der Waals surface area contributed by atoms with E-state index >= 15 is 0 Å². The predicted molar refractivity (Wildman–Crippen MR) is 90.1 cm³/mol. The summed E-state index contributed by atoms with van der Waals surface area (Å²) < 4.78 is 0. The van der Waals surface area contributed by atoms with Crippen molar-refractivity contribution >= 4 is 40.0 Å². The van der Waals surface area contributed by atoms with Crippen LogP contribution in [0.25, 0.3) is 0 Å². The number of hydrogen-bond acceptors (Lipinski definition) is 7. The third-order valence-corrected chi connectivity index (χ3v) is 4.95. The Bertz CT molecular complexity index is 519. The number of anilines is 2. The maximum absolute atomic E-state index is 12.1. The average Bonchev–Trinajstić information content (AvgIpc) is 2.90. The molecule has 1 fully saturated rings. The molecule has 4 N–H and O–H groups in total. The number of piperazine rings is 1. The molecule has 0 radical (unpaired) electrons. The number of carbonyl (C=O) groups excluding carboxylic acids is 1. The van der Waals surface area contributed by atoms with Gasteiger partial charge in [0, 0.05) is 38.5 Å². The van der Waals surface area contributed by atoms with Gasteiger partial charge in [0.2, 0.25) is 0 Å². The fourth-order valence-electron chi connectivity index (χ4n) is 1.92. The van der Waals surface area contributed by atoms with Gasteiger partial charge in [-0.25, -0.2) is 4.98 Å². The van der Waals surface area contributed by atoms with Gasteiger partial charge in [-0.3, -0.25) is 4.79 Å². The van der Waals surface area contributed by atoms with E-state index in [0.29, 0.717) is 23.0 Å². The number of aromatic nitrogens is 1.